The largest absolute Gasteiger partial charge is 0.369 e. The van der Waals surface area contributed by atoms with E-state index in [0.29, 0.717) is 47.4 Å². The molecule has 1 saturated carbocycles. The zero-order chi connectivity index (χ0) is 26.6. The first-order valence-corrected chi connectivity index (χ1v) is 11.9. The Balaban J connectivity index is 0.000000247. The molecule has 2 fully saturated rings. The van der Waals surface area contributed by atoms with Crippen molar-refractivity contribution in [1.29, 1.82) is 5.26 Å². The maximum atomic E-state index is 9.92. The smallest absolute Gasteiger partial charge is 0.211 e. The molecule has 5 N–H and O–H groups in total. The number of amides is 1. The number of anilines is 1. The fourth-order valence-corrected chi connectivity index (χ4v) is 3.77. The minimum Gasteiger partial charge on any atom is -0.369 e. The number of aliphatic imine (C=N–C) groups is 2. The second kappa shape index (κ2) is 13.3. The monoisotopic (exact) mass is 498 g/mol. The number of H-pyrrole nitrogens is 2. The van der Waals surface area contributed by atoms with Gasteiger partial charge < -0.3 is 20.9 Å². The van der Waals surface area contributed by atoms with Gasteiger partial charge in [-0.25, -0.2) is 9.98 Å². The second-order valence-electron chi connectivity index (χ2n) is 8.44. The molecule has 4 heterocycles. The molecule has 5 rings (SSSR count). The highest BCUT2D eigenvalue weighted by atomic mass is 16.1. The van der Waals surface area contributed by atoms with Crippen LogP contribution < -0.4 is 11.1 Å². The predicted octanol–water partition coefficient (Wildman–Crippen LogP) is 3.26. The summed E-state index contributed by atoms with van der Waals surface area (Å²) in [6, 6.07) is 11.3. The van der Waals surface area contributed by atoms with E-state index in [1.54, 1.807) is 6.07 Å². The van der Waals surface area contributed by atoms with Crippen LogP contribution in [-0.2, 0) is 4.79 Å². The molecule has 0 radical (unpaired) electrons. The zero-order valence-corrected chi connectivity index (χ0v) is 20.6. The molecule has 2 aliphatic rings. The van der Waals surface area contributed by atoms with Crippen LogP contribution in [0.1, 0.15) is 55.6 Å². The maximum Gasteiger partial charge on any atom is 0.211 e. The van der Waals surface area contributed by atoms with Crippen LogP contribution in [0.25, 0.3) is 0 Å². The topological polar surface area (TPSA) is 164 Å². The quantitative estimate of drug-likeness (QED) is 0.182. The van der Waals surface area contributed by atoms with Crippen LogP contribution in [0, 0.1) is 24.2 Å². The number of nitriles is 1. The van der Waals surface area contributed by atoms with E-state index >= 15 is 0 Å². The number of aromatic nitrogens is 4. The van der Waals surface area contributed by atoms with Crippen LogP contribution in [-0.4, -0.2) is 55.9 Å². The summed E-state index contributed by atoms with van der Waals surface area (Å²) in [5, 5.41) is 18.1. The Labute approximate surface area is 215 Å². The highest BCUT2D eigenvalue weighted by Gasteiger charge is 2.26. The van der Waals surface area contributed by atoms with Crippen molar-refractivity contribution >= 4 is 29.7 Å². The highest BCUT2D eigenvalue weighted by Crippen LogP contribution is 2.39. The molecule has 0 aromatic carbocycles. The van der Waals surface area contributed by atoms with Gasteiger partial charge in [0.15, 0.2) is 17.6 Å². The molecular formula is C26H30N10O. The minimum atomic E-state index is 0.335. The van der Waals surface area contributed by atoms with Gasteiger partial charge >= 0.3 is 0 Å². The van der Waals surface area contributed by atoms with Crippen LogP contribution in [0.15, 0.2) is 52.7 Å². The number of guanidine groups is 1. The molecule has 1 saturated heterocycles. The summed E-state index contributed by atoms with van der Waals surface area (Å²) < 4.78 is 0. The number of carbonyl (C=O) groups excluding carboxylic acids is 1. The number of nitrogens with one attached hydrogen (secondary N) is 3. The van der Waals surface area contributed by atoms with Gasteiger partial charge in [-0.2, -0.15) is 15.4 Å². The Morgan fingerprint density at radius 3 is 2.70 bits per heavy atom. The van der Waals surface area contributed by atoms with Gasteiger partial charge in [-0.15, -0.1) is 12.8 Å². The lowest BCUT2D eigenvalue weighted by atomic mass is 10.2. The molecule has 1 aliphatic heterocycles. The first-order chi connectivity index (χ1) is 18.1. The van der Waals surface area contributed by atoms with Gasteiger partial charge in [0.1, 0.15) is 11.8 Å². The van der Waals surface area contributed by atoms with Crippen molar-refractivity contribution in [1.82, 2.24) is 25.1 Å². The molecule has 37 heavy (non-hydrogen) atoms. The molecular weight excluding hydrogens is 468 g/mol. The summed E-state index contributed by atoms with van der Waals surface area (Å²) in [6.45, 7) is 3.12. The summed E-state index contributed by atoms with van der Waals surface area (Å²) >= 11 is 0. The summed E-state index contributed by atoms with van der Waals surface area (Å²) in [4.78, 5) is 28.2. The Bertz CT molecular complexity index is 1260. The van der Waals surface area contributed by atoms with Crippen LogP contribution in [0.2, 0.25) is 0 Å². The molecule has 0 unspecified atom stereocenters. The summed E-state index contributed by atoms with van der Waals surface area (Å²) in [7, 11) is 0. The number of aromatic amines is 2. The fraction of sp³-hybridized carbons (Fsp3) is 0.308. The van der Waals surface area contributed by atoms with E-state index in [1.807, 2.05) is 30.5 Å². The Morgan fingerprint density at radius 2 is 2.14 bits per heavy atom. The molecule has 1 amide bonds. The van der Waals surface area contributed by atoms with E-state index in [2.05, 4.69) is 60.1 Å². The number of pyridine rings is 1. The van der Waals surface area contributed by atoms with Crippen molar-refractivity contribution in [2.75, 3.05) is 11.9 Å². The lowest BCUT2D eigenvalue weighted by molar-refractivity contribution is -0.105. The Kier molecular flexibility index (Phi) is 9.57. The van der Waals surface area contributed by atoms with Gasteiger partial charge in [0, 0.05) is 36.5 Å². The van der Waals surface area contributed by atoms with E-state index in [4.69, 9.17) is 11.0 Å². The number of nitrogens with zero attached hydrogens (tertiary/aromatic N) is 6. The average molecular weight is 499 g/mol. The first-order valence-electron chi connectivity index (χ1n) is 11.9. The van der Waals surface area contributed by atoms with E-state index < -0.39 is 0 Å². The van der Waals surface area contributed by atoms with Gasteiger partial charge in [-0.1, -0.05) is 0 Å². The van der Waals surface area contributed by atoms with Crippen LogP contribution in [0.3, 0.4) is 0 Å². The van der Waals surface area contributed by atoms with Gasteiger partial charge in [0.05, 0.1) is 17.6 Å². The average Bonchev–Trinajstić information content (AvgIpc) is 3.28. The number of likely N-dealkylation sites (tertiary alicyclic amines) is 1. The standard InChI is InChI=1S/C17H23N7.C7H5N3O.C2H2/c1-11-4-3-9-24(11)17(18)21-16(13-5-2-8-19-13)20-15-10-14(22-23-15)12-6-7-12;8-3-6-1-2-7(4-9-6)10-5-11;1-2/h2,5,8,10-12,19H,3-4,6-7,9H2,1H3,(H3,18,20,21,22,23);1-2,4-5H,(H,10,11);1-2H/t11-;;/m0../s1. The van der Waals surface area contributed by atoms with Crippen molar-refractivity contribution in [2.24, 2.45) is 15.7 Å². The molecule has 3 aromatic heterocycles. The van der Waals surface area contributed by atoms with Gasteiger partial charge in [-0.05, 0) is 56.9 Å². The van der Waals surface area contributed by atoms with E-state index in [9.17, 15) is 4.79 Å². The van der Waals surface area contributed by atoms with Gasteiger partial charge in [-0.3, -0.25) is 9.89 Å². The SMILES string of the molecule is C#C.C[C@H]1CCCN1C(N)=NC(=Nc1cc(C2CC2)[nH]n1)c1ccc[nH]1.N#Cc1ccc(NC=O)cn1. The first kappa shape index (κ1) is 26.7. The fourth-order valence-electron chi connectivity index (χ4n) is 3.77. The number of hydrogen-bond acceptors (Lipinski definition) is 5. The molecule has 3 aromatic rings. The van der Waals surface area contributed by atoms with E-state index in [1.165, 1.54) is 25.1 Å². The normalized spacial score (nSPS) is 17.0. The molecule has 1 atom stereocenters. The van der Waals surface area contributed by atoms with Crippen molar-refractivity contribution in [2.45, 2.75) is 44.6 Å². The van der Waals surface area contributed by atoms with Crippen molar-refractivity contribution in [3.05, 3.63) is 59.8 Å². The molecule has 190 valence electrons. The molecule has 0 spiro atoms. The third-order valence-electron chi connectivity index (χ3n) is 5.83. The number of terminal acetylenes is 1. The number of rotatable bonds is 5. The number of hydrogen-bond donors (Lipinski definition) is 4. The van der Waals surface area contributed by atoms with Crippen molar-refractivity contribution in [3.8, 4) is 18.9 Å². The summed E-state index contributed by atoms with van der Waals surface area (Å²) in [6.07, 6.45) is 16.6. The van der Waals surface area contributed by atoms with Crippen LogP contribution >= 0.6 is 0 Å². The Morgan fingerprint density at radius 1 is 1.32 bits per heavy atom. The van der Waals surface area contributed by atoms with Gasteiger partial charge in [0.25, 0.3) is 0 Å². The Hall–Kier alpha value is -4.90. The van der Waals surface area contributed by atoms with Crippen molar-refractivity contribution < 1.29 is 4.79 Å². The van der Waals surface area contributed by atoms with Crippen molar-refractivity contribution in [3.63, 3.8) is 0 Å². The van der Waals surface area contributed by atoms with E-state index in [0.717, 1.165) is 30.8 Å². The highest BCUT2D eigenvalue weighted by molar-refractivity contribution is 6.05. The lowest BCUT2D eigenvalue weighted by Crippen LogP contribution is -2.40. The maximum absolute atomic E-state index is 9.92. The van der Waals surface area contributed by atoms with Crippen LogP contribution in [0.5, 0.6) is 0 Å². The molecule has 11 nitrogen and oxygen atoms in total. The lowest BCUT2D eigenvalue weighted by Gasteiger charge is -2.22. The van der Waals surface area contributed by atoms with E-state index in [-0.39, 0.29) is 0 Å². The number of amidine groups is 1. The summed E-state index contributed by atoms with van der Waals surface area (Å²) in [5.41, 5.74) is 9.15. The summed E-state index contributed by atoms with van der Waals surface area (Å²) in [5.74, 6) is 2.35. The third kappa shape index (κ3) is 7.54. The number of carbonyl (C=O) groups is 1. The zero-order valence-electron chi connectivity index (χ0n) is 20.6. The third-order valence-corrected chi connectivity index (χ3v) is 5.83. The second-order valence-corrected chi connectivity index (χ2v) is 8.44. The van der Waals surface area contributed by atoms with Gasteiger partial charge in [0.2, 0.25) is 6.41 Å². The van der Waals surface area contributed by atoms with Crippen LogP contribution in [0.4, 0.5) is 11.5 Å². The predicted molar refractivity (Wildman–Crippen MR) is 143 cm³/mol. The molecule has 11 heteroatoms. The molecule has 1 aliphatic carbocycles. The number of nitrogens with two attached hydrogens (primary N) is 1. The minimum absolute atomic E-state index is 0.335. The molecule has 0 bridgehead atoms.